The van der Waals surface area contributed by atoms with Gasteiger partial charge in [-0.2, -0.15) is 0 Å². The van der Waals surface area contributed by atoms with Gasteiger partial charge in [-0.3, -0.25) is 4.79 Å². The number of H-pyrrole nitrogens is 1. The summed E-state index contributed by atoms with van der Waals surface area (Å²) in [7, 11) is 2.96. The molecule has 2 aromatic carbocycles. The van der Waals surface area contributed by atoms with Gasteiger partial charge in [0.15, 0.2) is 5.16 Å². The van der Waals surface area contributed by atoms with Gasteiger partial charge in [0.25, 0.3) is 0 Å². The largest absolute Gasteiger partial charge is 0.494 e. The van der Waals surface area contributed by atoms with Crippen LogP contribution < -0.4 is 15.0 Å². The second kappa shape index (κ2) is 9.80. The number of thioether (sulfide) groups is 1. The molecule has 0 atom stereocenters. The molecule has 172 valence electrons. The number of aromatic amines is 1. The van der Waals surface area contributed by atoms with Crippen LogP contribution in [0.25, 0.3) is 11.0 Å². The number of amides is 1. The van der Waals surface area contributed by atoms with Crippen LogP contribution in [0.4, 0.5) is 11.4 Å². The normalized spacial score (nSPS) is 11.7. The molecule has 0 aliphatic heterocycles. The summed E-state index contributed by atoms with van der Waals surface area (Å²) >= 11 is 1.26. The zero-order valence-electron chi connectivity index (χ0n) is 18.7. The number of nitrogens with one attached hydrogen (secondary N) is 2. The molecule has 3 rings (SSSR count). The van der Waals surface area contributed by atoms with Crippen molar-refractivity contribution in [3.05, 3.63) is 36.4 Å². The van der Waals surface area contributed by atoms with Gasteiger partial charge in [0, 0.05) is 34.3 Å². The van der Waals surface area contributed by atoms with E-state index >= 15 is 0 Å². The number of hydrogen-bond acceptors (Lipinski definition) is 7. The molecular weight excluding hydrogens is 450 g/mol. The Morgan fingerprint density at radius 1 is 1.16 bits per heavy atom. The highest BCUT2D eigenvalue weighted by Crippen LogP contribution is 2.29. The lowest BCUT2D eigenvalue weighted by Gasteiger charge is -2.20. The fraction of sp³-hybridized carbons (Fsp3) is 0.333. The van der Waals surface area contributed by atoms with Crippen molar-refractivity contribution in [1.82, 2.24) is 14.3 Å². The third-order valence-corrected chi connectivity index (χ3v) is 7.27. The minimum Gasteiger partial charge on any atom is -0.494 e. The van der Waals surface area contributed by atoms with Crippen LogP contribution in [-0.2, 0) is 14.8 Å². The van der Waals surface area contributed by atoms with Gasteiger partial charge in [-0.25, -0.2) is 17.7 Å². The van der Waals surface area contributed by atoms with E-state index in [1.165, 1.54) is 38.0 Å². The fourth-order valence-corrected chi connectivity index (χ4v) is 4.60. The van der Waals surface area contributed by atoms with Crippen LogP contribution in [-0.4, -0.2) is 69.1 Å². The maximum atomic E-state index is 12.6. The summed E-state index contributed by atoms with van der Waals surface area (Å²) in [6.07, 6.45) is 0. The third-order valence-electron chi connectivity index (χ3n) is 4.59. The minimum absolute atomic E-state index is 0.107. The van der Waals surface area contributed by atoms with E-state index in [0.717, 1.165) is 21.1 Å². The summed E-state index contributed by atoms with van der Waals surface area (Å²) < 4.78 is 31.6. The van der Waals surface area contributed by atoms with Gasteiger partial charge in [-0.05, 0) is 37.3 Å². The van der Waals surface area contributed by atoms with Gasteiger partial charge in [0.2, 0.25) is 15.9 Å². The predicted octanol–water partition coefficient (Wildman–Crippen LogP) is 3.01. The highest BCUT2D eigenvalue weighted by Gasteiger charge is 2.20. The molecule has 0 bridgehead atoms. The number of carbonyl (C=O) groups is 1. The number of nitrogens with zero attached hydrogens (tertiary/aromatic N) is 3. The standard InChI is InChI=1S/C21H27N5O4S2/c1-6-30-14-7-9-16-17(11-14)24-21(23-16)31-13-20(27)22-18-12-15(32(28,29)26(4)5)8-10-19(18)25(2)3/h7-12H,6,13H2,1-5H3,(H,22,27)(H,23,24). The number of aromatic nitrogens is 2. The molecule has 1 aromatic heterocycles. The molecule has 2 N–H and O–H groups in total. The van der Waals surface area contributed by atoms with Crippen LogP contribution in [0.2, 0.25) is 0 Å². The first-order valence-electron chi connectivity index (χ1n) is 9.91. The summed E-state index contributed by atoms with van der Waals surface area (Å²) in [4.78, 5) is 22.2. The Balaban J connectivity index is 1.74. The van der Waals surface area contributed by atoms with Gasteiger partial charge in [-0.15, -0.1) is 0 Å². The van der Waals surface area contributed by atoms with Gasteiger partial charge in [0.05, 0.1) is 39.7 Å². The van der Waals surface area contributed by atoms with Crippen LogP contribution in [0, 0.1) is 0 Å². The van der Waals surface area contributed by atoms with E-state index in [1.807, 2.05) is 44.1 Å². The Kier molecular flexibility index (Phi) is 7.32. The Labute approximate surface area is 192 Å². The van der Waals surface area contributed by atoms with E-state index in [2.05, 4.69) is 15.3 Å². The maximum absolute atomic E-state index is 12.6. The third kappa shape index (κ3) is 5.34. The van der Waals surface area contributed by atoms with Crippen molar-refractivity contribution < 1.29 is 17.9 Å². The first kappa shape index (κ1) is 23.9. The van der Waals surface area contributed by atoms with Crippen molar-refractivity contribution in [3.63, 3.8) is 0 Å². The number of ether oxygens (including phenoxy) is 1. The summed E-state index contributed by atoms with van der Waals surface area (Å²) in [6.45, 7) is 2.50. The molecular formula is C21H27N5O4S2. The van der Waals surface area contributed by atoms with Gasteiger partial charge in [-0.1, -0.05) is 11.8 Å². The zero-order chi connectivity index (χ0) is 23.5. The molecule has 11 heteroatoms. The SMILES string of the molecule is CCOc1ccc2nc(SCC(=O)Nc3cc(S(=O)(=O)N(C)C)ccc3N(C)C)[nH]c2c1. The number of imidazole rings is 1. The first-order chi connectivity index (χ1) is 15.1. The van der Waals surface area contributed by atoms with Gasteiger partial charge in [0.1, 0.15) is 5.75 Å². The predicted molar refractivity (Wildman–Crippen MR) is 128 cm³/mol. The smallest absolute Gasteiger partial charge is 0.242 e. The molecule has 0 radical (unpaired) electrons. The molecule has 0 fully saturated rings. The Morgan fingerprint density at radius 2 is 1.91 bits per heavy atom. The maximum Gasteiger partial charge on any atom is 0.242 e. The summed E-state index contributed by atoms with van der Waals surface area (Å²) in [6, 6.07) is 10.3. The number of fused-ring (bicyclic) bond motifs is 1. The van der Waals surface area contributed by atoms with Crippen molar-refractivity contribution in [2.24, 2.45) is 0 Å². The monoisotopic (exact) mass is 477 g/mol. The topological polar surface area (TPSA) is 108 Å². The summed E-state index contributed by atoms with van der Waals surface area (Å²) in [5, 5.41) is 3.44. The number of sulfonamides is 1. The highest BCUT2D eigenvalue weighted by molar-refractivity contribution is 7.99. The van der Waals surface area contributed by atoms with E-state index in [0.29, 0.717) is 23.1 Å². The summed E-state index contributed by atoms with van der Waals surface area (Å²) in [5.74, 6) is 0.588. The number of anilines is 2. The average Bonchev–Trinajstić information content (AvgIpc) is 3.14. The van der Waals surface area contributed by atoms with Crippen LogP contribution in [0.1, 0.15) is 6.92 Å². The van der Waals surface area contributed by atoms with Crippen molar-refractivity contribution in [2.75, 3.05) is 50.8 Å². The second-order valence-electron chi connectivity index (χ2n) is 7.35. The summed E-state index contributed by atoms with van der Waals surface area (Å²) in [5.41, 5.74) is 2.74. The van der Waals surface area contributed by atoms with Crippen molar-refractivity contribution in [1.29, 1.82) is 0 Å². The molecule has 9 nitrogen and oxygen atoms in total. The van der Waals surface area contributed by atoms with Gasteiger partial charge < -0.3 is 19.9 Å². The van der Waals surface area contributed by atoms with Crippen LogP contribution in [0.5, 0.6) is 5.75 Å². The van der Waals surface area contributed by atoms with Crippen LogP contribution >= 0.6 is 11.8 Å². The second-order valence-corrected chi connectivity index (χ2v) is 10.5. The van der Waals surface area contributed by atoms with Crippen LogP contribution in [0.3, 0.4) is 0 Å². The molecule has 0 saturated carbocycles. The van der Waals surface area contributed by atoms with E-state index in [-0.39, 0.29) is 16.6 Å². The lowest BCUT2D eigenvalue weighted by Crippen LogP contribution is -2.23. The molecule has 0 saturated heterocycles. The van der Waals surface area contributed by atoms with Crippen molar-refractivity contribution in [2.45, 2.75) is 17.0 Å². The number of hydrogen-bond donors (Lipinski definition) is 2. The minimum atomic E-state index is -3.62. The van der Waals surface area contributed by atoms with E-state index in [1.54, 1.807) is 6.07 Å². The Morgan fingerprint density at radius 3 is 2.56 bits per heavy atom. The quantitative estimate of drug-likeness (QED) is 0.456. The van der Waals surface area contributed by atoms with Crippen molar-refractivity contribution >= 4 is 50.1 Å². The Bertz CT molecular complexity index is 1220. The fourth-order valence-electron chi connectivity index (χ4n) is 2.99. The molecule has 32 heavy (non-hydrogen) atoms. The number of carbonyl (C=O) groups excluding carboxylic acids is 1. The van der Waals surface area contributed by atoms with Crippen molar-refractivity contribution in [3.8, 4) is 5.75 Å². The molecule has 0 aliphatic rings. The molecule has 0 spiro atoms. The van der Waals surface area contributed by atoms with E-state index < -0.39 is 10.0 Å². The zero-order valence-corrected chi connectivity index (χ0v) is 20.3. The lowest BCUT2D eigenvalue weighted by molar-refractivity contribution is -0.113. The van der Waals surface area contributed by atoms with E-state index in [4.69, 9.17) is 4.74 Å². The molecule has 3 aromatic rings. The molecule has 0 unspecified atom stereocenters. The number of rotatable bonds is 9. The lowest BCUT2D eigenvalue weighted by atomic mass is 10.2. The van der Waals surface area contributed by atoms with Gasteiger partial charge >= 0.3 is 0 Å². The molecule has 1 heterocycles. The Hall–Kier alpha value is -2.76. The van der Waals surface area contributed by atoms with E-state index in [9.17, 15) is 13.2 Å². The average molecular weight is 478 g/mol. The first-order valence-corrected chi connectivity index (χ1v) is 12.3. The number of benzene rings is 2. The highest BCUT2D eigenvalue weighted by atomic mass is 32.2. The molecule has 0 aliphatic carbocycles. The van der Waals surface area contributed by atoms with Crippen LogP contribution in [0.15, 0.2) is 46.5 Å². The molecule has 1 amide bonds.